The molecule has 1 aliphatic rings. The third kappa shape index (κ3) is 4.04. The van der Waals surface area contributed by atoms with Gasteiger partial charge in [-0.1, -0.05) is 20.3 Å². The predicted molar refractivity (Wildman–Crippen MR) is 68.8 cm³/mol. The molecule has 0 aromatic carbocycles. The standard InChI is InChI=1S/C13H28N2O/c1-5-6-12(14-3)9-15-8-7-11(2)13(10-15)16-4/h11-14H,5-10H2,1-4H3. The van der Waals surface area contributed by atoms with Gasteiger partial charge in [-0.2, -0.15) is 0 Å². The molecule has 1 fully saturated rings. The Kier molecular flexibility index (Phi) is 6.32. The number of nitrogens with one attached hydrogen (secondary N) is 1. The van der Waals surface area contributed by atoms with E-state index in [4.69, 9.17) is 4.74 Å². The van der Waals surface area contributed by atoms with Crippen LogP contribution in [-0.2, 0) is 4.74 Å². The van der Waals surface area contributed by atoms with Crippen LogP contribution in [-0.4, -0.2) is 50.8 Å². The van der Waals surface area contributed by atoms with Crippen LogP contribution >= 0.6 is 0 Å². The highest BCUT2D eigenvalue weighted by atomic mass is 16.5. The van der Waals surface area contributed by atoms with E-state index in [1.165, 1.54) is 25.8 Å². The summed E-state index contributed by atoms with van der Waals surface area (Å²) >= 11 is 0. The summed E-state index contributed by atoms with van der Waals surface area (Å²) in [4.78, 5) is 2.55. The zero-order valence-electron chi connectivity index (χ0n) is 11.3. The molecule has 0 amide bonds. The second kappa shape index (κ2) is 7.25. The van der Waals surface area contributed by atoms with Crippen molar-refractivity contribution in [3.05, 3.63) is 0 Å². The van der Waals surface area contributed by atoms with Crippen molar-refractivity contribution >= 4 is 0 Å². The molecule has 3 nitrogen and oxygen atoms in total. The van der Waals surface area contributed by atoms with Crippen LogP contribution in [0.2, 0.25) is 0 Å². The molecule has 0 aliphatic carbocycles. The Hall–Kier alpha value is -0.120. The summed E-state index contributed by atoms with van der Waals surface area (Å²) in [6.45, 7) is 8.03. The lowest BCUT2D eigenvalue weighted by Gasteiger charge is -2.37. The maximum absolute atomic E-state index is 5.55. The number of rotatable bonds is 6. The smallest absolute Gasteiger partial charge is 0.0724 e. The van der Waals surface area contributed by atoms with Crippen molar-refractivity contribution in [2.45, 2.75) is 45.3 Å². The van der Waals surface area contributed by atoms with Gasteiger partial charge >= 0.3 is 0 Å². The molecule has 3 unspecified atom stereocenters. The molecule has 1 saturated heterocycles. The van der Waals surface area contributed by atoms with Crippen molar-refractivity contribution in [3.8, 4) is 0 Å². The van der Waals surface area contributed by atoms with Gasteiger partial charge in [-0.05, 0) is 32.4 Å². The molecule has 3 heteroatoms. The zero-order valence-corrected chi connectivity index (χ0v) is 11.3. The minimum absolute atomic E-state index is 0.424. The Morgan fingerprint density at radius 2 is 2.25 bits per heavy atom. The van der Waals surface area contributed by atoms with E-state index in [2.05, 4.69) is 31.1 Å². The van der Waals surface area contributed by atoms with Crippen LogP contribution in [0.15, 0.2) is 0 Å². The van der Waals surface area contributed by atoms with Crippen molar-refractivity contribution in [2.24, 2.45) is 5.92 Å². The fraction of sp³-hybridized carbons (Fsp3) is 1.00. The first-order chi connectivity index (χ1) is 7.71. The summed E-state index contributed by atoms with van der Waals surface area (Å²) in [5, 5.41) is 3.41. The van der Waals surface area contributed by atoms with Gasteiger partial charge in [-0.25, -0.2) is 0 Å². The van der Waals surface area contributed by atoms with Crippen LogP contribution < -0.4 is 5.32 Å². The molecule has 0 aromatic rings. The summed E-state index contributed by atoms with van der Waals surface area (Å²) in [6.07, 6.45) is 4.21. The molecule has 3 atom stereocenters. The van der Waals surface area contributed by atoms with Gasteiger partial charge in [0.05, 0.1) is 6.10 Å². The Labute approximate surface area is 101 Å². The molecule has 0 bridgehead atoms. The molecule has 1 heterocycles. The van der Waals surface area contributed by atoms with Crippen LogP contribution in [0.3, 0.4) is 0 Å². The lowest BCUT2D eigenvalue weighted by Crippen LogP contribution is -2.48. The third-order valence-electron chi connectivity index (χ3n) is 3.80. The van der Waals surface area contributed by atoms with Gasteiger partial charge in [0.2, 0.25) is 0 Å². The van der Waals surface area contributed by atoms with Crippen molar-refractivity contribution in [3.63, 3.8) is 0 Å². The van der Waals surface area contributed by atoms with Crippen LogP contribution in [0.4, 0.5) is 0 Å². The first-order valence-corrected chi connectivity index (χ1v) is 6.63. The number of nitrogens with zero attached hydrogens (tertiary/aromatic N) is 1. The fourth-order valence-electron chi connectivity index (χ4n) is 2.56. The average Bonchev–Trinajstić information content (AvgIpc) is 2.30. The highest BCUT2D eigenvalue weighted by Crippen LogP contribution is 2.19. The van der Waals surface area contributed by atoms with E-state index in [0.29, 0.717) is 18.1 Å². The number of hydrogen-bond donors (Lipinski definition) is 1. The highest BCUT2D eigenvalue weighted by molar-refractivity contribution is 4.81. The summed E-state index contributed by atoms with van der Waals surface area (Å²) in [5.41, 5.74) is 0. The summed E-state index contributed by atoms with van der Waals surface area (Å²) in [6, 6.07) is 0.635. The molecule has 0 aromatic heterocycles. The summed E-state index contributed by atoms with van der Waals surface area (Å²) in [7, 11) is 3.91. The Balaban J connectivity index is 2.36. The predicted octanol–water partition coefficient (Wildman–Crippen LogP) is 1.73. The Bertz CT molecular complexity index is 187. The maximum atomic E-state index is 5.55. The van der Waals surface area contributed by atoms with Crippen molar-refractivity contribution in [1.29, 1.82) is 0 Å². The van der Waals surface area contributed by atoms with Crippen molar-refractivity contribution in [2.75, 3.05) is 33.8 Å². The first-order valence-electron chi connectivity index (χ1n) is 6.63. The second-order valence-corrected chi connectivity index (χ2v) is 5.07. The van der Waals surface area contributed by atoms with Gasteiger partial charge in [0.15, 0.2) is 0 Å². The molecular formula is C13H28N2O. The largest absolute Gasteiger partial charge is 0.380 e. The summed E-state index contributed by atoms with van der Waals surface area (Å²) in [5.74, 6) is 0.709. The van der Waals surface area contributed by atoms with E-state index in [9.17, 15) is 0 Å². The molecule has 0 radical (unpaired) electrons. The van der Waals surface area contributed by atoms with Crippen molar-refractivity contribution in [1.82, 2.24) is 10.2 Å². The van der Waals surface area contributed by atoms with E-state index in [0.717, 1.165) is 13.1 Å². The van der Waals surface area contributed by atoms with Gasteiger partial charge < -0.3 is 10.1 Å². The topological polar surface area (TPSA) is 24.5 Å². The van der Waals surface area contributed by atoms with Crippen LogP contribution in [0.25, 0.3) is 0 Å². The van der Waals surface area contributed by atoms with Gasteiger partial charge in [-0.3, -0.25) is 4.90 Å². The van der Waals surface area contributed by atoms with Crippen LogP contribution in [0, 0.1) is 5.92 Å². The van der Waals surface area contributed by atoms with E-state index >= 15 is 0 Å². The summed E-state index contributed by atoms with van der Waals surface area (Å²) < 4.78 is 5.55. The molecule has 16 heavy (non-hydrogen) atoms. The van der Waals surface area contributed by atoms with E-state index < -0.39 is 0 Å². The number of ether oxygens (including phenoxy) is 1. The molecule has 96 valence electrons. The SMILES string of the molecule is CCCC(CN1CCC(C)C(OC)C1)NC. The Morgan fingerprint density at radius 3 is 2.81 bits per heavy atom. The van der Waals surface area contributed by atoms with Gasteiger partial charge in [0, 0.05) is 26.2 Å². The van der Waals surface area contributed by atoms with Gasteiger partial charge in [0.1, 0.15) is 0 Å². The fourth-order valence-corrected chi connectivity index (χ4v) is 2.56. The molecule has 1 N–H and O–H groups in total. The second-order valence-electron chi connectivity index (χ2n) is 5.07. The molecule has 1 rings (SSSR count). The number of piperidine rings is 1. The van der Waals surface area contributed by atoms with Gasteiger partial charge in [0.25, 0.3) is 0 Å². The number of likely N-dealkylation sites (tertiary alicyclic amines) is 1. The minimum Gasteiger partial charge on any atom is -0.380 e. The normalized spacial score (nSPS) is 29.2. The first kappa shape index (κ1) is 13.9. The lowest BCUT2D eigenvalue weighted by atomic mass is 9.95. The van der Waals surface area contributed by atoms with Gasteiger partial charge in [-0.15, -0.1) is 0 Å². The Morgan fingerprint density at radius 1 is 1.50 bits per heavy atom. The molecule has 1 aliphatic heterocycles. The number of hydrogen-bond acceptors (Lipinski definition) is 3. The van der Waals surface area contributed by atoms with E-state index in [1.54, 1.807) is 0 Å². The monoisotopic (exact) mass is 228 g/mol. The van der Waals surface area contributed by atoms with Crippen molar-refractivity contribution < 1.29 is 4.74 Å². The molecule has 0 saturated carbocycles. The maximum Gasteiger partial charge on any atom is 0.0724 e. The molecular weight excluding hydrogens is 200 g/mol. The number of methoxy groups -OCH3 is 1. The van der Waals surface area contributed by atoms with E-state index in [-0.39, 0.29) is 0 Å². The molecule has 0 spiro atoms. The van der Waals surface area contributed by atoms with Crippen LogP contribution in [0.1, 0.15) is 33.1 Å². The average molecular weight is 228 g/mol. The third-order valence-corrected chi connectivity index (χ3v) is 3.80. The lowest BCUT2D eigenvalue weighted by molar-refractivity contribution is -0.00743. The van der Waals surface area contributed by atoms with E-state index in [1.807, 2.05) is 7.11 Å². The zero-order chi connectivity index (χ0) is 12.0. The highest BCUT2D eigenvalue weighted by Gasteiger charge is 2.26. The van der Waals surface area contributed by atoms with Crippen LogP contribution in [0.5, 0.6) is 0 Å². The minimum atomic E-state index is 0.424. The number of likely N-dealkylation sites (N-methyl/N-ethyl adjacent to an activating group) is 1. The quantitative estimate of drug-likeness (QED) is 0.749.